The Morgan fingerprint density at radius 2 is 2.17 bits per heavy atom. The zero-order valence-corrected chi connectivity index (χ0v) is 7.68. The molecule has 2 rings (SSSR count). The molecule has 2 nitrogen and oxygen atoms in total. The maximum Gasteiger partial charge on any atom is 0.220 e. The van der Waals surface area contributed by atoms with Crippen LogP contribution in [0.2, 0.25) is 0 Å². The molecule has 0 aromatic rings. The number of nitrogens with one attached hydrogen (secondary N) is 1. The van der Waals surface area contributed by atoms with E-state index < -0.39 is 0 Å². The van der Waals surface area contributed by atoms with Crippen molar-refractivity contribution in [1.82, 2.24) is 5.32 Å². The van der Waals surface area contributed by atoms with Gasteiger partial charge in [-0.05, 0) is 24.7 Å². The fraction of sp³-hybridized carbons (Fsp3) is 0.900. The maximum absolute atomic E-state index is 11.1. The van der Waals surface area contributed by atoms with Crippen LogP contribution in [-0.4, -0.2) is 11.9 Å². The van der Waals surface area contributed by atoms with Gasteiger partial charge in [0.05, 0.1) is 0 Å². The Kier molecular flexibility index (Phi) is 2.07. The third-order valence-electron chi connectivity index (χ3n) is 3.47. The van der Waals surface area contributed by atoms with E-state index in [9.17, 15) is 4.79 Å². The molecule has 0 aromatic heterocycles. The first kappa shape index (κ1) is 8.09. The van der Waals surface area contributed by atoms with Crippen LogP contribution in [0.4, 0.5) is 0 Å². The van der Waals surface area contributed by atoms with Crippen LogP contribution in [-0.2, 0) is 4.79 Å². The number of hydrogen-bond acceptors (Lipinski definition) is 1. The van der Waals surface area contributed by atoms with Crippen LogP contribution in [0.25, 0.3) is 0 Å². The average molecular weight is 167 g/mol. The molecule has 1 amide bonds. The molecule has 1 aliphatic heterocycles. The number of rotatable bonds is 0. The molecule has 2 aliphatic rings. The first-order valence-electron chi connectivity index (χ1n) is 5.07. The van der Waals surface area contributed by atoms with Crippen LogP contribution in [0.3, 0.4) is 0 Å². The molecule has 0 spiro atoms. The highest BCUT2D eigenvalue weighted by Crippen LogP contribution is 2.35. The van der Waals surface area contributed by atoms with E-state index in [0.29, 0.717) is 6.04 Å². The van der Waals surface area contributed by atoms with Gasteiger partial charge in [-0.25, -0.2) is 0 Å². The van der Waals surface area contributed by atoms with Crippen molar-refractivity contribution < 1.29 is 4.79 Å². The molecule has 3 atom stereocenters. The molecule has 1 saturated heterocycles. The van der Waals surface area contributed by atoms with Gasteiger partial charge in [0.15, 0.2) is 0 Å². The van der Waals surface area contributed by atoms with Gasteiger partial charge in [-0.1, -0.05) is 19.8 Å². The van der Waals surface area contributed by atoms with Gasteiger partial charge in [-0.2, -0.15) is 0 Å². The Balaban J connectivity index is 2.04. The summed E-state index contributed by atoms with van der Waals surface area (Å²) in [5, 5.41) is 3.11. The fourth-order valence-corrected chi connectivity index (χ4v) is 2.73. The monoisotopic (exact) mass is 167 g/mol. The maximum atomic E-state index is 11.1. The largest absolute Gasteiger partial charge is 0.353 e. The summed E-state index contributed by atoms with van der Waals surface area (Å²) < 4.78 is 0. The third-order valence-corrected chi connectivity index (χ3v) is 3.47. The molecule has 0 radical (unpaired) electrons. The van der Waals surface area contributed by atoms with Crippen LogP contribution < -0.4 is 5.32 Å². The predicted molar refractivity (Wildman–Crippen MR) is 47.7 cm³/mol. The number of carbonyl (C=O) groups excluding carboxylic acids is 1. The van der Waals surface area contributed by atoms with Gasteiger partial charge in [-0.3, -0.25) is 4.79 Å². The zero-order chi connectivity index (χ0) is 8.55. The van der Waals surface area contributed by atoms with E-state index in [-0.39, 0.29) is 5.91 Å². The highest BCUT2D eigenvalue weighted by molar-refractivity contribution is 5.77. The Morgan fingerprint density at radius 1 is 1.33 bits per heavy atom. The standard InChI is InChI=1S/C10H17NO/c1-7-3-2-4-9-8(7)5-6-10(12)11-9/h7-9H,2-6H2,1H3,(H,11,12)/t7-,8+,9-/m0/s1. The SMILES string of the molecule is C[C@H]1CCC[C@@H]2NC(=O)CC[C@@H]21. The number of carbonyl (C=O) groups is 1. The summed E-state index contributed by atoms with van der Waals surface area (Å²) in [6.45, 7) is 2.33. The molecule has 1 heterocycles. The van der Waals surface area contributed by atoms with E-state index in [4.69, 9.17) is 0 Å². The quantitative estimate of drug-likeness (QED) is 0.584. The summed E-state index contributed by atoms with van der Waals surface area (Å²) in [4.78, 5) is 11.1. The minimum absolute atomic E-state index is 0.269. The topological polar surface area (TPSA) is 29.1 Å². The lowest BCUT2D eigenvalue weighted by molar-refractivity contribution is -0.125. The lowest BCUT2D eigenvalue weighted by Crippen LogP contribution is -2.48. The van der Waals surface area contributed by atoms with Crippen molar-refractivity contribution in [2.24, 2.45) is 11.8 Å². The van der Waals surface area contributed by atoms with Crippen molar-refractivity contribution in [2.45, 2.75) is 45.1 Å². The number of piperidine rings is 1. The highest BCUT2D eigenvalue weighted by atomic mass is 16.1. The second kappa shape index (κ2) is 3.08. The summed E-state index contributed by atoms with van der Waals surface area (Å²) in [5.41, 5.74) is 0. The molecule has 68 valence electrons. The summed E-state index contributed by atoms with van der Waals surface area (Å²) in [5.74, 6) is 1.87. The van der Waals surface area contributed by atoms with Crippen LogP contribution in [0.15, 0.2) is 0 Å². The highest BCUT2D eigenvalue weighted by Gasteiger charge is 2.34. The zero-order valence-electron chi connectivity index (χ0n) is 7.68. The molecular formula is C10H17NO. The van der Waals surface area contributed by atoms with Gasteiger partial charge in [0.2, 0.25) is 5.91 Å². The second-order valence-corrected chi connectivity index (χ2v) is 4.28. The minimum atomic E-state index is 0.269. The van der Waals surface area contributed by atoms with E-state index in [1.165, 1.54) is 19.3 Å². The van der Waals surface area contributed by atoms with Crippen LogP contribution in [0, 0.1) is 11.8 Å². The van der Waals surface area contributed by atoms with Crippen molar-refractivity contribution in [2.75, 3.05) is 0 Å². The molecule has 12 heavy (non-hydrogen) atoms. The molecule has 1 aliphatic carbocycles. The molecule has 0 unspecified atom stereocenters. The number of hydrogen-bond donors (Lipinski definition) is 1. The number of amides is 1. The van der Waals surface area contributed by atoms with Gasteiger partial charge >= 0.3 is 0 Å². The lowest BCUT2D eigenvalue weighted by atomic mass is 9.73. The summed E-state index contributed by atoms with van der Waals surface area (Å²) >= 11 is 0. The van der Waals surface area contributed by atoms with Crippen LogP contribution >= 0.6 is 0 Å². The van der Waals surface area contributed by atoms with Gasteiger partial charge in [0.25, 0.3) is 0 Å². The molecule has 0 bridgehead atoms. The smallest absolute Gasteiger partial charge is 0.220 e. The third kappa shape index (κ3) is 1.35. The Hall–Kier alpha value is -0.530. The van der Waals surface area contributed by atoms with E-state index >= 15 is 0 Å². The van der Waals surface area contributed by atoms with Crippen LogP contribution in [0.5, 0.6) is 0 Å². The van der Waals surface area contributed by atoms with E-state index in [2.05, 4.69) is 12.2 Å². The van der Waals surface area contributed by atoms with Gasteiger partial charge in [0.1, 0.15) is 0 Å². The Bertz CT molecular complexity index is 190. The molecule has 1 N–H and O–H groups in total. The summed E-state index contributed by atoms with van der Waals surface area (Å²) in [7, 11) is 0. The van der Waals surface area contributed by atoms with Gasteiger partial charge in [0, 0.05) is 12.5 Å². The fourth-order valence-electron chi connectivity index (χ4n) is 2.73. The lowest BCUT2D eigenvalue weighted by Gasteiger charge is -2.40. The second-order valence-electron chi connectivity index (χ2n) is 4.28. The van der Waals surface area contributed by atoms with Gasteiger partial charge in [-0.15, -0.1) is 0 Å². The normalized spacial score (nSPS) is 41.8. The Labute approximate surface area is 73.7 Å². The van der Waals surface area contributed by atoms with E-state index in [1.807, 2.05) is 0 Å². The summed E-state index contributed by atoms with van der Waals surface area (Å²) in [6.07, 6.45) is 5.74. The predicted octanol–water partition coefficient (Wildman–Crippen LogP) is 1.70. The molecule has 2 heteroatoms. The summed E-state index contributed by atoms with van der Waals surface area (Å²) in [6, 6.07) is 0.509. The van der Waals surface area contributed by atoms with E-state index in [0.717, 1.165) is 24.7 Å². The number of fused-ring (bicyclic) bond motifs is 1. The molecule has 0 aromatic carbocycles. The van der Waals surface area contributed by atoms with Crippen molar-refractivity contribution >= 4 is 5.91 Å². The average Bonchev–Trinajstić information content (AvgIpc) is 2.04. The first-order chi connectivity index (χ1) is 5.77. The minimum Gasteiger partial charge on any atom is -0.353 e. The Morgan fingerprint density at radius 3 is 3.00 bits per heavy atom. The van der Waals surface area contributed by atoms with Crippen molar-refractivity contribution in [3.05, 3.63) is 0 Å². The first-order valence-corrected chi connectivity index (χ1v) is 5.07. The van der Waals surface area contributed by atoms with Gasteiger partial charge < -0.3 is 5.32 Å². The van der Waals surface area contributed by atoms with Crippen molar-refractivity contribution in [3.63, 3.8) is 0 Å². The van der Waals surface area contributed by atoms with Crippen molar-refractivity contribution in [1.29, 1.82) is 0 Å². The van der Waals surface area contributed by atoms with E-state index in [1.54, 1.807) is 0 Å². The van der Waals surface area contributed by atoms with Crippen molar-refractivity contribution in [3.8, 4) is 0 Å². The van der Waals surface area contributed by atoms with Crippen LogP contribution in [0.1, 0.15) is 39.0 Å². The molecular weight excluding hydrogens is 150 g/mol. The molecule has 1 saturated carbocycles. The molecule has 2 fully saturated rings.